The average Bonchev–Trinajstić information content (AvgIpc) is 2.90. The van der Waals surface area contributed by atoms with Crippen LogP contribution in [0.5, 0.6) is 0 Å². The molecule has 0 bridgehead atoms. The summed E-state index contributed by atoms with van der Waals surface area (Å²) in [5.41, 5.74) is 0. The first-order valence-corrected chi connectivity index (χ1v) is 7.55. The quantitative estimate of drug-likeness (QED) is 0.871. The zero-order chi connectivity index (χ0) is 13.9. The lowest BCUT2D eigenvalue weighted by atomic mass is 9.77. The minimum absolute atomic E-state index is 0.0462. The van der Waals surface area contributed by atoms with Crippen LogP contribution in [0.15, 0.2) is 4.52 Å². The third kappa shape index (κ3) is 3.00. The van der Waals surface area contributed by atoms with Gasteiger partial charge in [-0.2, -0.15) is 4.98 Å². The van der Waals surface area contributed by atoms with Gasteiger partial charge in [-0.05, 0) is 38.5 Å². The largest absolute Gasteiger partial charge is 0.346 e. The van der Waals surface area contributed by atoms with Crippen LogP contribution < -0.4 is 10.6 Å². The van der Waals surface area contributed by atoms with Crippen molar-refractivity contribution in [3.8, 4) is 0 Å². The van der Waals surface area contributed by atoms with Gasteiger partial charge in [0.25, 0.3) is 0 Å². The molecule has 1 amide bonds. The van der Waals surface area contributed by atoms with E-state index in [-0.39, 0.29) is 11.9 Å². The topological polar surface area (TPSA) is 80.0 Å². The second-order valence-corrected chi connectivity index (χ2v) is 5.90. The predicted molar refractivity (Wildman–Crippen MR) is 72.8 cm³/mol. The Morgan fingerprint density at radius 1 is 1.35 bits per heavy atom. The van der Waals surface area contributed by atoms with Crippen molar-refractivity contribution in [1.82, 2.24) is 20.8 Å². The average molecular weight is 278 g/mol. The summed E-state index contributed by atoms with van der Waals surface area (Å²) in [5.74, 6) is 1.87. The first kappa shape index (κ1) is 13.5. The van der Waals surface area contributed by atoms with E-state index in [0.717, 1.165) is 18.8 Å². The molecule has 2 N–H and O–H groups in total. The van der Waals surface area contributed by atoms with Crippen molar-refractivity contribution in [3.05, 3.63) is 11.7 Å². The normalized spacial score (nSPS) is 29.8. The van der Waals surface area contributed by atoms with E-state index in [0.29, 0.717) is 24.3 Å². The van der Waals surface area contributed by atoms with E-state index in [1.165, 1.54) is 25.7 Å². The highest BCUT2D eigenvalue weighted by molar-refractivity contribution is 5.81. The van der Waals surface area contributed by atoms with Gasteiger partial charge in [0, 0.05) is 6.04 Å². The van der Waals surface area contributed by atoms with Gasteiger partial charge in [0.15, 0.2) is 5.82 Å². The van der Waals surface area contributed by atoms with Gasteiger partial charge in [0.05, 0.1) is 12.6 Å². The maximum absolute atomic E-state index is 12.2. The summed E-state index contributed by atoms with van der Waals surface area (Å²) in [6.45, 7) is 2.08. The number of carbonyl (C=O) groups excluding carboxylic acids is 1. The van der Waals surface area contributed by atoms with E-state index in [1.54, 1.807) is 6.92 Å². The third-order valence-electron chi connectivity index (χ3n) is 4.45. The molecule has 2 aliphatic rings. The third-order valence-corrected chi connectivity index (χ3v) is 4.45. The maximum Gasteiger partial charge on any atom is 0.246 e. The van der Waals surface area contributed by atoms with Crippen LogP contribution in [0.25, 0.3) is 0 Å². The number of aromatic nitrogens is 2. The molecule has 0 spiro atoms. The highest BCUT2D eigenvalue weighted by Crippen LogP contribution is 2.32. The smallest absolute Gasteiger partial charge is 0.246 e. The molecule has 3 atom stereocenters. The minimum Gasteiger partial charge on any atom is -0.346 e. The van der Waals surface area contributed by atoms with E-state index in [2.05, 4.69) is 20.8 Å². The second-order valence-electron chi connectivity index (χ2n) is 5.90. The molecule has 1 saturated heterocycles. The molecule has 2 fully saturated rings. The zero-order valence-corrected chi connectivity index (χ0v) is 11.9. The number of nitrogens with one attached hydrogen (secondary N) is 2. The van der Waals surface area contributed by atoms with Crippen LogP contribution in [0, 0.1) is 12.8 Å². The van der Waals surface area contributed by atoms with Crippen LogP contribution in [-0.4, -0.2) is 28.1 Å². The van der Waals surface area contributed by atoms with Gasteiger partial charge >= 0.3 is 0 Å². The van der Waals surface area contributed by atoms with E-state index in [9.17, 15) is 4.79 Å². The molecule has 1 saturated carbocycles. The van der Waals surface area contributed by atoms with Crippen molar-refractivity contribution in [1.29, 1.82) is 0 Å². The predicted octanol–water partition coefficient (Wildman–Crippen LogP) is 1.31. The molecule has 1 aromatic heterocycles. The van der Waals surface area contributed by atoms with Gasteiger partial charge in [-0.15, -0.1) is 0 Å². The highest BCUT2D eigenvalue weighted by Gasteiger charge is 2.34. The SMILES string of the molecule is Cc1noc(CNC(=O)C2CCC3CCCCC3N2)n1. The van der Waals surface area contributed by atoms with Crippen LogP contribution in [-0.2, 0) is 11.3 Å². The molecule has 0 aromatic carbocycles. The number of piperidine rings is 1. The summed E-state index contributed by atoms with van der Waals surface area (Å²) in [4.78, 5) is 16.3. The fourth-order valence-corrected chi connectivity index (χ4v) is 3.40. The summed E-state index contributed by atoms with van der Waals surface area (Å²) in [6.07, 6.45) is 7.23. The number of fused-ring (bicyclic) bond motifs is 1. The lowest BCUT2D eigenvalue weighted by molar-refractivity contribution is -0.124. The first-order valence-electron chi connectivity index (χ1n) is 7.55. The number of nitrogens with zero attached hydrogens (tertiary/aromatic N) is 2. The zero-order valence-electron chi connectivity index (χ0n) is 11.9. The van der Waals surface area contributed by atoms with E-state index in [1.807, 2.05) is 0 Å². The molecule has 6 heteroatoms. The lowest BCUT2D eigenvalue weighted by Gasteiger charge is -2.39. The van der Waals surface area contributed by atoms with Crippen molar-refractivity contribution in [3.63, 3.8) is 0 Å². The van der Waals surface area contributed by atoms with Crippen LogP contribution in [0.2, 0.25) is 0 Å². The Balaban J connectivity index is 1.50. The monoisotopic (exact) mass is 278 g/mol. The number of aryl methyl sites for hydroxylation is 1. The molecule has 0 radical (unpaired) electrons. The molecule has 1 aliphatic heterocycles. The number of hydrogen-bond donors (Lipinski definition) is 2. The molecule has 110 valence electrons. The Hall–Kier alpha value is -1.43. The van der Waals surface area contributed by atoms with Gasteiger partial charge in [-0.3, -0.25) is 4.79 Å². The molecular weight excluding hydrogens is 256 g/mol. The van der Waals surface area contributed by atoms with Crippen molar-refractivity contribution in [2.45, 2.75) is 64.1 Å². The van der Waals surface area contributed by atoms with Gasteiger partial charge < -0.3 is 15.2 Å². The molecular formula is C14H22N4O2. The molecule has 6 nitrogen and oxygen atoms in total. The number of carbonyl (C=O) groups is 1. The number of amides is 1. The van der Waals surface area contributed by atoms with Gasteiger partial charge in [-0.25, -0.2) is 0 Å². The van der Waals surface area contributed by atoms with Crippen molar-refractivity contribution >= 4 is 5.91 Å². The van der Waals surface area contributed by atoms with Gasteiger partial charge in [0.1, 0.15) is 0 Å². The Bertz CT molecular complexity index is 473. The molecule has 1 aliphatic carbocycles. The number of rotatable bonds is 3. The second kappa shape index (κ2) is 5.91. The minimum atomic E-state index is -0.0710. The van der Waals surface area contributed by atoms with Crippen LogP contribution in [0.1, 0.15) is 50.2 Å². The summed E-state index contributed by atoms with van der Waals surface area (Å²) < 4.78 is 4.99. The molecule has 1 aromatic rings. The maximum atomic E-state index is 12.2. The van der Waals surface area contributed by atoms with E-state index >= 15 is 0 Å². The van der Waals surface area contributed by atoms with Crippen LogP contribution >= 0.6 is 0 Å². The van der Waals surface area contributed by atoms with Gasteiger partial charge in [-0.1, -0.05) is 18.0 Å². The van der Waals surface area contributed by atoms with Crippen LogP contribution in [0.3, 0.4) is 0 Å². The molecule has 3 unspecified atom stereocenters. The Morgan fingerprint density at radius 3 is 3.00 bits per heavy atom. The highest BCUT2D eigenvalue weighted by atomic mass is 16.5. The van der Waals surface area contributed by atoms with E-state index in [4.69, 9.17) is 4.52 Å². The molecule has 20 heavy (non-hydrogen) atoms. The Kier molecular flexibility index (Phi) is 4.00. The lowest BCUT2D eigenvalue weighted by Crippen LogP contribution is -2.54. The Labute approximate surface area is 118 Å². The molecule has 3 rings (SSSR count). The van der Waals surface area contributed by atoms with Gasteiger partial charge in [0.2, 0.25) is 11.8 Å². The fourth-order valence-electron chi connectivity index (χ4n) is 3.40. The van der Waals surface area contributed by atoms with E-state index < -0.39 is 0 Å². The summed E-state index contributed by atoms with van der Waals surface area (Å²) in [6, 6.07) is 0.456. The van der Waals surface area contributed by atoms with Crippen molar-refractivity contribution < 1.29 is 9.32 Å². The summed E-state index contributed by atoms with van der Waals surface area (Å²) >= 11 is 0. The van der Waals surface area contributed by atoms with Crippen LogP contribution in [0.4, 0.5) is 0 Å². The summed E-state index contributed by atoms with van der Waals surface area (Å²) in [5, 5.41) is 10.1. The van der Waals surface area contributed by atoms with Crippen molar-refractivity contribution in [2.75, 3.05) is 0 Å². The number of hydrogen-bond acceptors (Lipinski definition) is 5. The first-order chi connectivity index (χ1) is 9.72. The summed E-state index contributed by atoms with van der Waals surface area (Å²) in [7, 11) is 0. The molecule has 2 heterocycles. The standard InChI is InChI=1S/C14H22N4O2/c1-9-16-13(20-18-9)8-15-14(19)12-7-6-10-4-2-3-5-11(10)17-12/h10-12,17H,2-8H2,1H3,(H,15,19). The Morgan fingerprint density at radius 2 is 2.20 bits per heavy atom. The van der Waals surface area contributed by atoms with Crippen molar-refractivity contribution in [2.24, 2.45) is 5.92 Å². The fraction of sp³-hybridized carbons (Fsp3) is 0.786.